The second-order valence-corrected chi connectivity index (χ2v) is 2.63. The van der Waals surface area contributed by atoms with Gasteiger partial charge in [-0.3, -0.25) is 0 Å². The zero-order chi connectivity index (χ0) is 8.10. The summed E-state index contributed by atoms with van der Waals surface area (Å²) < 4.78 is 0. The van der Waals surface area contributed by atoms with E-state index in [-0.39, 0.29) is 0 Å². The van der Waals surface area contributed by atoms with Gasteiger partial charge in [-0.1, -0.05) is 42.5 Å². The van der Waals surface area contributed by atoms with Gasteiger partial charge in [0.05, 0.1) is 0 Å². The molecule has 0 aromatic heterocycles. The molecule has 0 aliphatic heterocycles. The molecule has 1 aromatic carbocycles. The summed E-state index contributed by atoms with van der Waals surface area (Å²) >= 11 is 5.11. The summed E-state index contributed by atoms with van der Waals surface area (Å²) in [5.41, 5.74) is 1.09. The summed E-state index contributed by atoms with van der Waals surface area (Å²) in [5.74, 6) is 0. The van der Waals surface area contributed by atoms with Crippen LogP contribution in [-0.4, -0.2) is 11.5 Å². The lowest BCUT2D eigenvalue weighted by molar-refractivity contribution is 0.983. The van der Waals surface area contributed by atoms with E-state index in [4.69, 9.17) is 12.2 Å². The minimum Gasteiger partial charge on any atom is -0.376 e. The van der Waals surface area contributed by atoms with Gasteiger partial charge in [0.2, 0.25) is 0 Å². The third-order valence-corrected chi connectivity index (χ3v) is 1.75. The SMILES string of the molecule is CCNC(=S)c1ccccc1. The average Bonchev–Trinajstić information content (AvgIpc) is 2.07. The molecular formula is C9H11NS. The van der Waals surface area contributed by atoms with E-state index in [1.165, 1.54) is 0 Å². The Morgan fingerprint density at radius 1 is 1.36 bits per heavy atom. The highest BCUT2D eigenvalue weighted by Crippen LogP contribution is 1.98. The van der Waals surface area contributed by atoms with Crippen LogP contribution in [0.5, 0.6) is 0 Å². The molecule has 0 spiro atoms. The fourth-order valence-electron chi connectivity index (χ4n) is 0.852. The van der Waals surface area contributed by atoms with Gasteiger partial charge < -0.3 is 5.32 Å². The lowest BCUT2D eigenvalue weighted by atomic mass is 10.2. The topological polar surface area (TPSA) is 12.0 Å². The molecule has 0 aliphatic carbocycles. The van der Waals surface area contributed by atoms with Crippen molar-refractivity contribution in [2.24, 2.45) is 0 Å². The van der Waals surface area contributed by atoms with Gasteiger partial charge in [-0.15, -0.1) is 0 Å². The largest absolute Gasteiger partial charge is 0.376 e. The molecule has 0 saturated heterocycles. The van der Waals surface area contributed by atoms with Crippen molar-refractivity contribution in [1.82, 2.24) is 5.32 Å². The lowest BCUT2D eigenvalue weighted by Gasteiger charge is -2.03. The Kier molecular flexibility index (Phi) is 3.05. The van der Waals surface area contributed by atoms with Crippen molar-refractivity contribution in [2.45, 2.75) is 6.92 Å². The van der Waals surface area contributed by atoms with Crippen LogP contribution in [0.1, 0.15) is 12.5 Å². The van der Waals surface area contributed by atoms with Gasteiger partial charge in [-0.05, 0) is 6.92 Å². The monoisotopic (exact) mass is 165 g/mol. The van der Waals surface area contributed by atoms with Gasteiger partial charge >= 0.3 is 0 Å². The molecule has 0 atom stereocenters. The first kappa shape index (κ1) is 8.21. The van der Waals surface area contributed by atoms with Crippen molar-refractivity contribution in [1.29, 1.82) is 0 Å². The first-order chi connectivity index (χ1) is 5.34. The number of nitrogens with one attached hydrogen (secondary N) is 1. The molecule has 0 aliphatic rings. The Morgan fingerprint density at radius 3 is 2.55 bits per heavy atom. The van der Waals surface area contributed by atoms with Crippen LogP contribution in [0.4, 0.5) is 0 Å². The zero-order valence-corrected chi connectivity index (χ0v) is 7.32. The molecule has 0 heterocycles. The predicted molar refractivity (Wildman–Crippen MR) is 51.8 cm³/mol. The molecule has 1 rings (SSSR count). The van der Waals surface area contributed by atoms with E-state index in [2.05, 4.69) is 5.32 Å². The molecule has 0 unspecified atom stereocenters. The summed E-state index contributed by atoms with van der Waals surface area (Å²) in [7, 11) is 0. The minimum atomic E-state index is 0.827. The molecule has 1 nitrogen and oxygen atoms in total. The van der Waals surface area contributed by atoms with E-state index < -0.39 is 0 Å². The molecule has 2 heteroatoms. The lowest BCUT2D eigenvalue weighted by Crippen LogP contribution is -2.21. The molecule has 0 saturated carbocycles. The highest BCUT2D eigenvalue weighted by Gasteiger charge is 1.95. The molecule has 0 radical (unpaired) electrons. The van der Waals surface area contributed by atoms with Gasteiger partial charge in [0.25, 0.3) is 0 Å². The van der Waals surface area contributed by atoms with Crippen LogP contribution in [-0.2, 0) is 0 Å². The maximum Gasteiger partial charge on any atom is 0.106 e. The van der Waals surface area contributed by atoms with Crippen molar-refractivity contribution in [2.75, 3.05) is 6.54 Å². The summed E-state index contributed by atoms with van der Waals surface area (Å²) in [4.78, 5) is 0.827. The van der Waals surface area contributed by atoms with E-state index in [1.54, 1.807) is 0 Å². The van der Waals surface area contributed by atoms with E-state index in [0.29, 0.717) is 0 Å². The highest BCUT2D eigenvalue weighted by molar-refractivity contribution is 7.80. The smallest absolute Gasteiger partial charge is 0.106 e. The molecule has 0 bridgehead atoms. The average molecular weight is 165 g/mol. The van der Waals surface area contributed by atoms with Gasteiger partial charge in [-0.2, -0.15) is 0 Å². The van der Waals surface area contributed by atoms with Crippen molar-refractivity contribution < 1.29 is 0 Å². The molecule has 11 heavy (non-hydrogen) atoms. The summed E-state index contributed by atoms with van der Waals surface area (Å²) in [6.45, 7) is 2.92. The number of thiocarbonyl (C=S) groups is 1. The van der Waals surface area contributed by atoms with Crippen molar-refractivity contribution >= 4 is 17.2 Å². The zero-order valence-electron chi connectivity index (χ0n) is 6.50. The fraction of sp³-hybridized carbons (Fsp3) is 0.222. The Labute approximate surface area is 72.4 Å². The third-order valence-electron chi connectivity index (χ3n) is 1.37. The maximum atomic E-state index is 5.11. The number of rotatable bonds is 2. The molecular weight excluding hydrogens is 154 g/mol. The Morgan fingerprint density at radius 2 is 2.00 bits per heavy atom. The van der Waals surface area contributed by atoms with Gasteiger partial charge in [0.1, 0.15) is 4.99 Å². The van der Waals surface area contributed by atoms with E-state index in [0.717, 1.165) is 17.1 Å². The van der Waals surface area contributed by atoms with Gasteiger partial charge in [0.15, 0.2) is 0 Å². The summed E-state index contributed by atoms with van der Waals surface area (Å²) in [6, 6.07) is 9.96. The van der Waals surface area contributed by atoms with Crippen LogP contribution in [0.2, 0.25) is 0 Å². The highest BCUT2D eigenvalue weighted by atomic mass is 32.1. The van der Waals surface area contributed by atoms with E-state index in [9.17, 15) is 0 Å². The minimum absolute atomic E-state index is 0.827. The van der Waals surface area contributed by atoms with E-state index in [1.807, 2.05) is 37.3 Å². The molecule has 58 valence electrons. The summed E-state index contributed by atoms with van der Waals surface area (Å²) in [5, 5.41) is 3.09. The maximum absolute atomic E-state index is 5.11. The van der Waals surface area contributed by atoms with Crippen LogP contribution in [0.15, 0.2) is 30.3 Å². The van der Waals surface area contributed by atoms with E-state index >= 15 is 0 Å². The summed E-state index contributed by atoms with van der Waals surface area (Å²) in [6.07, 6.45) is 0. The standard InChI is InChI=1S/C9H11NS/c1-2-10-9(11)8-6-4-3-5-7-8/h3-7H,2H2,1H3,(H,10,11). The second kappa shape index (κ2) is 4.09. The van der Waals surface area contributed by atoms with Crippen molar-refractivity contribution in [3.8, 4) is 0 Å². The predicted octanol–water partition coefficient (Wildman–Crippen LogP) is 1.97. The second-order valence-electron chi connectivity index (χ2n) is 2.23. The fourth-order valence-corrected chi connectivity index (χ4v) is 1.13. The Bertz CT molecular complexity index is 231. The normalized spacial score (nSPS) is 9.18. The Hall–Kier alpha value is -0.890. The molecule has 0 amide bonds. The third kappa shape index (κ3) is 2.31. The number of hydrogen-bond acceptors (Lipinski definition) is 1. The van der Waals surface area contributed by atoms with Gasteiger partial charge in [0, 0.05) is 12.1 Å². The first-order valence-electron chi connectivity index (χ1n) is 3.68. The van der Waals surface area contributed by atoms with Crippen LogP contribution in [0, 0.1) is 0 Å². The van der Waals surface area contributed by atoms with Crippen LogP contribution in [0.3, 0.4) is 0 Å². The number of hydrogen-bond donors (Lipinski definition) is 1. The van der Waals surface area contributed by atoms with Crippen molar-refractivity contribution in [3.05, 3.63) is 35.9 Å². The van der Waals surface area contributed by atoms with Gasteiger partial charge in [-0.25, -0.2) is 0 Å². The van der Waals surface area contributed by atoms with Crippen LogP contribution < -0.4 is 5.32 Å². The molecule has 1 aromatic rings. The molecule has 0 fully saturated rings. The van der Waals surface area contributed by atoms with Crippen LogP contribution >= 0.6 is 12.2 Å². The Balaban J connectivity index is 2.69. The first-order valence-corrected chi connectivity index (χ1v) is 4.08. The number of benzene rings is 1. The van der Waals surface area contributed by atoms with Crippen LogP contribution in [0.25, 0.3) is 0 Å². The molecule has 1 N–H and O–H groups in total. The van der Waals surface area contributed by atoms with Crippen molar-refractivity contribution in [3.63, 3.8) is 0 Å². The quantitative estimate of drug-likeness (QED) is 0.672.